The van der Waals surface area contributed by atoms with Crippen molar-refractivity contribution in [3.63, 3.8) is 0 Å². The molecule has 1 aliphatic carbocycles. The molecule has 1 aliphatic rings. The van der Waals surface area contributed by atoms with Gasteiger partial charge in [-0.1, -0.05) is 5.16 Å². The number of rotatable bonds is 2. The summed E-state index contributed by atoms with van der Waals surface area (Å²) in [5.41, 5.74) is 3.92. The highest BCUT2D eigenvalue weighted by atomic mass is 19.4. The molecule has 1 saturated carbocycles. The van der Waals surface area contributed by atoms with E-state index in [0.717, 1.165) is 0 Å². The molecule has 0 aromatic carbocycles. The average Bonchev–Trinajstić information content (AvgIpc) is 2.71. The van der Waals surface area contributed by atoms with Gasteiger partial charge in [0, 0.05) is 12.5 Å². The third-order valence-corrected chi connectivity index (χ3v) is 2.55. The van der Waals surface area contributed by atoms with Crippen LogP contribution in [0.15, 0.2) is 10.6 Å². The number of alkyl halides is 3. The predicted octanol–water partition coefficient (Wildman–Crippen LogP) is 2.14. The molecule has 0 amide bonds. The molecule has 1 fully saturated rings. The molecule has 0 spiro atoms. The lowest BCUT2D eigenvalue weighted by Gasteiger charge is -2.17. The Labute approximate surface area is 78.1 Å². The minimum atomic E-state index is -4.15. The van der Waals surface area contributed by atoms with Crippen LogP contribution >= 0.6 is 0 Å². The van der Waals surface area contributed by atoms with Gasteiger partial charge in [-0.25, -0.2) is 0 Å². The van der Waals surface area contributed by atoms with Crippen LogP contribution in [-0.4, -0.2) is 11.3 Å². The monoisotopic (exact) mass is 206 g/mol. The van der Waals surface area contributed by atoms with Crippen molar-refractivity contribution < 1.29 is 17.7 Å². The molecule has 1 heterocycles. The maximum atomic E-state index is 12.5. The molecule has 2 N–H and O–H groups in total. The summed E-state index contributed by atoms with van der Waals surface area (Å²) in [7, 11) is 0. The molecule has 1 aromatic rings. The SMILES string of the molecule is Nc1cc(CC2(C(F)(F)F)CC2)no1. The van der Waals surface area contributed by atoms with E-state index in [1.165, 1.54) is 6.07 Å². The third-order valence-electron chi connectivity index (χ3n) is 2.55. The van der Waals surface area contributed by atoms with Crippen LogP contribution in [0.2, 0.25) is 0 Å². The zero-order valence-electron chi connectivity index (χ0n) is 7.27. The van der Waals surface area contributed by atoms with Gasteiger partial charge in [0.15, 0.2) is 0 Å². The lowest BCUT2D eigenvalue weighted by Crippen LogP contribution is -2.26. The van der Waals surface area contributed by atoms with E-state index in [1.807, 2.05) is 0 Å². The largest absolute Gasteiger partial charge is 0.394 e. The highest BCUT2D eigenvalue weighted by Crippen LogP contribution is 2.59. The van der Waals surface area contributed by atoms with E-state index in [2.05, 4.69) is 9.68 Å². The predicted molar refractivity (Wildman–Crippen MR) is 42.3 cm³/mol. The third kappa shape index (κ3) is 1.44. The van der Waals surface area contributed by atoms with Crippen LogP contribution in [0.25, 0.3) is 0 Å². The van der Waals surface area contributed by atoms with Crippen molar-refractivity contribution in [3.8, 4) is 0 Å². The van der Waals surface area contributed by atoms with Crippen LogP contribution in [0, 0.1) is 5.41 Å². The normalized spacial score (nSPS) is 19.6. The standard InChI is InChI=1S/C8H9F3N2O/c9-8(10,11)7(1-2-7)4-5-3-6(12)14-13-5/h3H,1-2,4,12H2. The summed E-state index contributed by atoms with van der Waals surface area (Å²) in [6.45, 7) is 0. The zero-order valence-corrected chi connectivity index (χ0v) is 7.27. The fraction of sp³-hybridized carbons (Fsp3) is 0.625. The topological polar surface area (TPSA) is 52.0 Å². The van der Waals surface area contributed by atoms with Gasteiger partial charge >= 0.3 is 6.18 Å². The lowest BCUT2D eigenvalue weighted by atomic mass is 10.00. The Bertz CT molecular complexity index is 341. The molecule has 0 saturated heterocycles. The van der Waals surface area contributed by atoms with E-state index >= 15 is 0 Å². The number of aromatic nitrogens is 1. The molecule has 1 aromatic heterocycles. The minimum absolute atomic E-state index is 0.0537. The molecule has 0 bridgehead atoms. The summed E-state index contributed by atoms with van der Waals surface area (Å²) in [6.07, 6.45) is -3.94. The highest BCUT2D eigenvalue weighted by Gasteiger charge is 2.63. The number of hydrogen-bond acceptors (Lipinski definition) is 3. The fourth-order valence-corrected chi connectivity index (χ4v) is 1.47. The van der Waals surface area contributed by atoms with E-state index < -0.39 is 11.6 Å². The van der Waals surface area contributed by atoms with E-state index in [1.54, 1.807) is 0 Å². The Morgan fingerprint density at radius 1 is 1.50 bits per heavy atom. The van der Waals surface area contributed by atoms with Gasteiger partial charge in [-0.15, -0.1) is 0 Å². The van der Waals surface area contributed by atoms with Crippen molar-refractivity contribution >= 4 is 5.88 Å². The Kier molecular flexibility index (Phi) is 1.77. The smallest absolute Gasteiger partial charge is 0.368 e. The van der Waals surface area contributed by atoms with Crippen LogP contribution in [0.5, 0.6) is 0 Å². The van der Waals surface area contributed by atoms with E-state index in [9.17, 15) is 13.2 Å². The first kappa shape index (κ1) is 9.36. The van der Waals surface area contributed by atoms with Gasteiger partial charge in [0.05, 0.1) is 11.1 Å². The number of nitrogen functional groups attached to an aromatic ring is 1. The van der Waals surface area contributed by atoms with Crippen LogP contribution in [0.3, 0.4) is 0 Å². The summed E-state index contributed by atoms with van der Waals surface area (Å²) in [5, 5.41) is 3.45. The van der Waals surface area contributed by atoms with Gasteiger partial charge in [0.25, 0.3) is 0 Å². The molecule has 0 atom stereocenters. The van der Waals surface area contributed by atoms with Crippen LogP contribution in [0.4, 0.5) is 19.1 Å². The van der Waals surface area contributed by atoms with E-state index in [-0.39, 0.29) is 30.8 Å². The van der Waals surface area contributed by atoms with Crippen molar-refractivity contribution in [2.24, 2.45) is 5.41 Å². The van der Waals surface area contributed by atoms with E-state index in [0.29, 0.717) is 0 Å². The molecule has 6 heteroatoms. The van der Waals surface area contributed by atoms with Crippen LogP contribution in [0.1, 0.15) is 18.5 Å². The van der Waals surface area contributed by atoms with Crippen molar-refractivity contribution in [1.82, 2.24) is 5.16 Å². The first-order chi connectivity index (χ1) is 6.43. The zero-order chi connectivity index (χ0) is 10.4. The number of hydrogen-bond donors (Lipinski definition) is 1. The maximum Gasteiger partial charge on any atom is 0.394 e. The van der Waals surface area contributed by atoms with Crippen molar-refractivity contribution in [2.75, 3.05) is 5.73 Å². The van der Waals surface area contributed by atoms with Gasteiger partial charge in [0.2, 0.25) is 5.88 Å². The number of anilines is 1. The molecule has 0 unspecified atom stereocenters. The van der Waals surface area contributed by atoms with Gasteiger partial charge < -0.3 is 10.3 Å². The molecule has 78 valence electrons. The summed E-state index contributed by atoms with van der Waals surface area (Å²) in [5.74, 6) is 0.0537. The molecule has 3 nitrogen and oxygen atoms in total. The molecule has 0 aliphatic heterocycles. The minimum Gasteiger partial charge on any atom is -0.368 e. The molecule has 2 rings (SSSR count). The summed E-state index contributed by atoms with van der Waals surface area (Å²) < 4.78 is 42.0. The second-order valence-corrected chi connectivity index (χ2v) is 3.68. The van der Waals surface area contributed by atoms with Crippen molar-refractivity contribution in [3.05, 3.63) is 11.8 Å². The second kappa shape index (κ2) is 2.65. The van der Waals surface area contributed by atoms with Gasteiger partial charge in [-0.05, 0) is 12.8 Å². The van der Waals surface area contributed by atoms with E-state index in [4.69, 9.17) is 5.73 Å². The summed E-state index contributed by atoms with van der Waals surface area (Å²) >= 11 is 0. The first-order valence-corrected chi connectivity index (χ1v) is 4.21. The fourth-order valence-electron chi connectivity index (χ4n) is 1.47. The van der Waals surface area contributed by atoms with Gasteiger partial charge in [-0.2, -0.15) is 13.2 Å². The van der Waals surface area contributed by atoms with Gasteiger partial charge in [-0.3, -0.25) is 0 Å². The summed E-state index contributed by atoms with van der Waals surface area (Å²) in [6, 6.07) is 1.34. The average molecular weight is 206 g/mol. The maximum absolute atomic E-state index is 12.5. The summed E-state index contributed by atoms with van der Waals surface area (Å²) in [4.78, 5) is 0. The molecule has 14 heavy (non-hydrogen) atoms. The Hall–Kier alpha value is -1.20. The Balaban J connectivity index is 2.12. The van der Waals surface area contributed by atoms with Crippen LogP contribution in [-0.2, 0) is 6.42 Å². The number of halogens is 3. The van der Waals surface area contributed by atoms with Gasteiger partial charge in [0.1, 0.15) is 0 Å². The quantitative estimate of drug-likeness (QED) is 0.806. The van der Waals surface area contributed by atoms with Crippen molar-refractivity contribution in [2.45, 2.75) is 25.4 Å². The first-order valence-electron chi connectivity index (χ1n) is 4.21. The molecular weight excluding hydrogens is 197 g/mol. The Morgan fingerprint density at radius 2 is 2.14 bits per heavy atom. The lowest BCUT2D eigenvalue weighted by molar-refractivity contribution is -0.186. The van der Waals surface area contributed by atoms with Crippen molar-refractivity contribution in [1.29, 1.82) is 0 Å². The van der Waals surface area contributed by atoms with Crippen LogP contribution < -0.4 is 5.73 Å². The Morgan fingerprint density at radius 3 is 2.50 bits per heavy atom. The highest BCUT2D eigenvalue weighted by molar-refractivity contribution is 5.26. The molecule has 0 radical (unpaired) electrons. The number of nitrogens with two attached hydrogens (primary N) is 1. The molecular formula is C8H9F3N2O. The second-order valence-electron chi connectivity index (χ2n) is 3.68. The number of nitrogens with zero attached hydrogens (tertiary/aromatic N) is 1.